The van der Waals surface area contributed by atoms with Crippen molar-refractivity contribution in [1.29, 1.82) is 0 Å². The molecule has 0 unspecified atom stereocenters. The van der Waals surface area contributed by atoms with Gasteiger partial charge in [0.15, 0.2) is 5.01 Å². The first-order chi connectivity index (χ1) is 14.6. The fourth-order valence-electron chi connectivity index (χ4n) is 4.62. The standard InChI is InChI=1S/C22H27N5O2S/c1-24-6-4-16-12-17(2-3-18(16)13-24)21(28)27-14-19(15-27)25-7-9-26(10-8-25)22(29)20-23-5-11-30-20/h2-3,5,11-12,19H,4,6-10,13-15H2,1H3. The molecule has 1 aromatic carbocycles. The van der Waals surface area contributed by atoms with Gasteiger partial charge < -0.3 is 14.7 Å². The van der Waals surface area contributed by atoms with Crippen LogP contribution in [0.15, 0.2) is 29.8 Å². The molecule has 0 saturated carbocycles. The summed E-state index contributed by atoms with van der Waals surface area (Å²) in [6, 6.07) is 6.60. The largest absolute Gasteiger partial charge is 0.335 e. The number of aromatic nitrogens is 1. The Hall–Kier alpha value is -2.29. The second-order valence-electron chi connectivity index (χ2n) is 8.50. The first kappa shape index (κ1) is 19.7. The number of rotatable bonds is 3. The Morgan fingerprint density at radius 3 is 2.53 bits per heavy atom. The Kier molecular flexibility index (Phi) is 5.30. The van der Waals surface area contributed by atoms with Gasteiger partial charge in [0.2, 0.25) is 0 Å². The average molecular weight is 426 g/mol. The van der Waals surface area contributed by atoms with Gasteiger partial charge in [0, 0.05) is 75.5 Å². The normalized spacial score (nSPS) is 20.7. The Morgan fingerprint density at radius 2 is 1.80 bits per heavy atom. The molecule has 0 atom stereocenters. The summed E-state index contributed by atoms with van der Waals surface area (Å²) >= 11 is 1.39. The highest BCUT2D eigenvalue weighted by Gasteiger charge is 2.37. The number of amides is 2. The second-order valence-corrected chi connectivity index (χ2v) is 9.40. The lowest BCUT2D eigenvalue weighted by atomic mass is 9.96. The Bertz CT molecular complexity index is 933. The zero-order valence-electron chi connectivity index (χ0n) is 17.3. The van der Waals surface area contributed by atoms with Crippen LogP contribution in [0.4, 0.5) is 0 Å². The number of likely N-dealkylation sites (tertiary alicyclic amines) is 1. The summed E-state index contributed by atoms with van der Waals surface area (Å²) in [5, 5.41) is 2.41. The molecule has 2 fully saturated rings. The SMILES string of the molecule is CN1CCc2cc(C(=O)N3CC(N4CCN(C(=O)c5nccs5)CC4)C3)ccc2C1. The van der Waals surface area contributed by atoms with E-state index in [9.17, 15) is 9.59 Å². The van der Waals surface area contributed by atoms with Crippen LogP contribution in [0.2, 0.25) is 0 Å². The summed E-state index contributed by atoms with van der Waals surface area (Å²) in [7, 11) is 2.14. The van der Waals surface area contributed by atoms with Crippen molar-refractivity contribution in [2.24, 2.45) is 0 Å². The van der Waals surface area contributed by atoms with Crippen LogP contribution in [-0.4, -0.2) is 95.3 Å². The molecule has 3 aliphatic rings. The number of benzene rings is 1. The molecule has 158 valence electrons. The maximum absolute atomic E-state index is 12.9. The first-order valence-corrected chi connectivity index (χ1v) is 11.5. The summed E-state index contributed by atoms with van der Waals surface area (Å²) in [6.07, 6.45) is 2.69. The molecule has 0 N–H and O–H groups in total. The Labute approximate surface area is 180 Å². The van der Waals surface area contributed by atoms with Gasteiger partial charge in [0.05, 0.1) is 0 Å². The van der Waals surface area contributed by atoms with E-state index in [1.807, 2.05) is 21.2 Å². The van der Waals surface area contributed by atoms with Crippen molar-refractivity contribution in [1.82, 2.24) is 24.6 Å². The molecule has 5 rings (SSSR count). The van der Waals surface area contributed by atoms with E-state index < -0.39 is 0 Å². The van der Waals surface area contributed by atoms with E-state index in [1.54, 1.807) is 6.20 Å². The summed E-state index contributed by atoms with van der Waals surface area (Å²) in [4.78, 5) is 38.1. The van der Waals surface area contributed by atoms with Crippen molar-refractivity contribution in [2.45, 2.75) is 19.0 Å². The number of hydrogen-bond acceptors (Lipinski definition) is 6. The van der Waals surface area contributed by atoms with Crippen molar-refractivity contribution in [3.8, 4) is 0 Å². The lowest BCUT2D eigenvalue weighted by molar-refractivity contribution is 0.00852. The van der Waals surface area contributed by atoms with E-state index in [0.717, 1.165) is 64.3 Å². The number of carbonyl (C=O) groups excluding carboxylic acids is 2. The average Bonchev–Trinajstić information content (AvgIpc) is 3.27. The van der Waals surface area contributed by atoms with Crippen LogP contribution in [0.5, 0.6) is 0 Å². The van der Waals surface area contributed by atoms with E-state index >= 15 is 0 Å². The van der Waals surface area contributed by atoms with Gasteiger partial charge in [-0.25, -0.2) is 4.98 Å². The highest BCUT2D eigenvalue weighted by atomic mass is 32.1. The zero-order chi connectivity index (χ0) is 20.7. The van der Waals surface area contributed by atoms with Gasteiger partial charge >= 0.3 is 0 Å². The van der Waals surface area contributed by atoms with Crippen molar-refractivity contribution in [3.63, 3.8) is 0 Å². The fraction of sp³-hybridized carbons (Fsp3) is 0.500. The topological polar surface area (TPSA) is 60.0 Å². The zero-order valence-corrected chi connectivity index (χ0v) is 18.1. The predicted molar refractivity (Wildman–Crippen MR) is 116 cm³/mol. The highest BCUT2D eigenvalue weighted by molar-refractivity contribution is 7.11. The van der Waals surface area contributed by atoms with Gasteiger partial charge in [-0.05, 0) is 36.7 Å². The molecule has 8 heteroatoms. The third-order valence-corrected chi connectivity index (χ3v) is 7.30. The fourth-order valence-corrected chi connectivity index (χ4v) is 5.22. The summed E-state index contributed by atoms with van der Waals surface area (Å²) in [5.74, 6) is 0.180. The molecule has 0 aliphatic carbocycles. The minimum Gasteiger partial charge on any atom is -0.335 e. The second kappa shape index (κ2) is 8.09. The summed E-state index contributed by atoms with van der Waals surface area (Å²) in [5.41, 5.74) is 3.47. The van der Waals surface area contributed by atoms with Crippen LogP contribution in [-0.2, 0) is 13.0 Å². The molecular weight excluding hydrogens is 398 g/mol. The van der Waals surface area contributed by atoms with E-state index in [2.05, 4.69) is 34.0 Å². The molecule has 1 aromatic heterocycles. The van der Waals surface area contributed by atoms with Crippen molar-refractivity contribution < 1.29 is 9.59 Å². The third kappa shape index (κ3) is 3.75. The van der Waals surface area contributed by atoms with Gasteiger partial charge in [-0.2, -0.15) is 0 Å². The maximum atomic E-state index is 12.9. The molecular formula is C22H27N5O2S. The first-order valence-electron chi connectivity index (χ1n) is 10.6. The van der Waals surface area contributed by atoms with Crippen LogP contribution in [0, 0.1) is 0 Å². The number of thiazole rings is 1. The van der Waals surface area contributed by atoms with Gasteiger partial charge in [0.25, 0.3) is 11.8 Å². The minimum atomic E-state index is 0.0358. The van der Waals surface area contributed by atoms with E-state index in [0.29, 0.717) is 11.0 Å². The van der Waals surface area contributed by atoms with Crippen LogP contribution >= 0.6 is 11.3 Å². The molecule has 3 aliphatic heterocycles. The van der Waals surface area contributed by atoms with Crippen LogP contribution < -0.4 is 0 Å². The maximum Gasteiger partial charge on any atom is 0.282 e. The van der Waals surface area contributed by atoms with E-state index in [-0.39, 0.29) is 11.8 Å². The van der Waals surface area contributed by atoms with E-state index in [4.69, 9.17) is 0 Å². The van der Waals surface area contributed by atoms with Gasteiger partial charge in [-0.1, -0.05) is 6.07 Å². The predicted octanol–water partition coefficient (Wildman–Crippen LogP) is 1.41. The molecule has 0 radical (unpaired) electrons. The number of piperazine rings is 1. The molecule has 2 saturated heterocycles. The summed E-state index contributed by atoms with van der Waals surface area (Å²) < 4.78 is 0. The van der Waals surface area contributed by atoms with Gasteiger partial charge in [-0.3, -0.25) is 14.5 Å². The smallest absolute Gasteiger partial charge is 0.282 e. The number of hydrogen-bond donors (Lipinski definition) is 0. The van der Waals surface area contributed by atoms with Crippen LogP contribution in [0.1, 0.15) is 31.3 Å². The Morgan fingerprint density at radius 1 is 1.00 bits per heavy atom. The lowest BCUT2D eigenvalue weighted by Crippen LogP contribution is -2.64. The van der Waals surface area contributed by atoms with E-state index in [1.165, 1.54) is 22.5 Å². The number of fused-ring (bicyclic) bond motifs is 1. The molecule has 0 bridgehead atoms. The number of nitrogens with zero attached hydrogens (tertiary/aromatic N) is 5. The molecule has 2 amide bonds. The quantitative estimate of drug-likeness (QED) is 0.744. The minimum absolute atomic E-state index is 0.0358. The van der Waals surface area contributed by atoms with Crippen LogP contribution in [0.3, 0.4) is 0 Å². The Balaban J connectivity index is 1.13. The molecule has 2 aromatic rings. The lowest BCUT2D eigenvalue weighted by Gasteiger charge is -2.48. The van der Waals surface area contributed by atoms with Crippen molar-refractivity contribution in [3.05, 3.63) is 51.5 Å². The highest BCUT2D eigenvalue weighted by Crippen LogP contribution is 2.24. The molecule has 30 heavy (non-hydrogen) atoms. The van der Waals surface area contributed by atoms with Gasteiger partial charge in [0.1, 0.15) is 0 Å². The number of carbonyl (C=O) groups is 2. The summed E-state index contributed by atoms with van der Waals surface area (Å²) in [6.45, 7) is 6.73. The molecule has 4 heterocycles. The van der Waals surface area contributed by atoms with Gasteiger partial charge in [-0.15, -0.1) is 11.3 Å². The van der Waals surface area contributed by atoms with Crippen molar-refractivity contribution >= 4 is 23.2 Å². The molecule has 0 spiro atoms. The van der Waals surface area contributed by atoms with Crippen molar-refractivity contribution in [2.75, 3.05) is 52.9 Å². The molecule has 7 nitrogen and oxygen atoms in total. The monoisotopic (exact) mass is 425 g/mol. The number of likely N-dealkylation sites (N-methyl/N-ethyl adjacent to an activating group) is 1. The third-order valence-electron chi connectivity index (χ3n) is 6.54. The van der Waals surface area contributed by atoms with Crippen LogP contribution in [0.25, 0.3) is 0 Å².